The van der Waals surface area contributed by atoms with E-state index in [0.29, 0.717) is 0 Å². The van der Waals surface area contributed by atoms with Crippen LogP contribution in [0.25, 0.3) is 11.1 Å². The Morgan fingerprint density at radius 1 is 0.357 bits per heavy atom. The highest BCUT2D eigenvalue weighted by atomic mass is 16.5. The molecule has 6 aromatic carbocycles. The summed E-state index contributed by atoms with van der Waals surface area (Å²) in [6.07, 6.45) is 0. The molecule has 4 heterocycles. The minimum Gasteiger partial charge on any atom is -0.458 e. The number of para-hydroxylation sites is 4. The Morgan fingerprint density at radius 2 is 0.786 bits per heavy atom. The molecule has 0 saturated heterocycles. The van der Waals surface area contributed by atoms with Gasteiger partial charge in [0.2, 0.25) is 0 Å². The third-order valence-electron chi connectivity index (χ3n) is 8.94. The Bertz CT molecular complexity index is 2070. The first-order valence-corrected chi connectivity index (χ1v) is 14.2. The summed E-state index contributed by atoms with van der Waals surface area (Å²) in [6.45, 7) is 0.0559. The summed E-state index contributed by atoms with van der Waals surface area (Å²) in [4.78, 5) is 0. The summed E-state index contributed by atoms with van der Waals surface area (Å²) in [5.41, 5.74) is 8.68. The van der Waals surface area contributed by atoms with Crippen molar-refractivity contribution >= 4 is 46.2 Å². The smallest absolute Gasteiger partial charge is 0.260 e. The third kappa shape index (κ3) is 2.93. The normalized spacial score (nSPS) is 13.9. The van der Waals surface area contributed by atoms with Crippen LogP contribution in [0.15, 0.2) is 121 Å². The Labute approximate surface area is 243 Å². The van der Waals surface area contributed by atoms with E-state index in [9.17, 15) is 0 Å². The zero-order chi connectivity index (χ0) is 27.4. The molecule has 0 amide bonds. The van der Waals surface area contributed by atoms with Crippen molar-refractivity contribution in [1.82, 2.24) is 0 Å². The number of hydrogen-bond acceptors (Lipinski definition) is 4. The van der Waals surface area contributed by atoms with E-state index in [0.717, 1.165) is 89.9 Å². The summed E-state index contributed by atoms with van der Waals surface area (Å²) < 4.78 is 26.2. The molecule has 4 aliphatic heterocycles. The molecule has 42 heavy (non-hydrogen) atoms. The number of benzene rings is 6. The average molecular weight is 538 g/mol. The highest BCUT2D eigenvalue weighted by Crippen LogP contribution is 2.43. The van der Waals surface area contributed by atoms with Gasteiger partial charge in [0.15, 0.2) is 0 Å². The molecule has 6 heteroatoms. The number of hydrogen-bond donors (Lipinski definition) is 0. The van der Waals surface area contributed by atoms with Crippen molar-refractivity contribution in [1.29, 1.82) is 0 Å². The lowest BCUT2D eigenvalue weighted by atomic mass is 9.34. The molecule has 0 atom stereocenters. The van der Waals surface area contributed by atoms with E-state index in [1.54, 1.807) is 0 Å². The van der Waals surface area contributed by atoms with Crippen molar-refractivity contribution in [2.75, 3.05) is 0 Å². The molecule has 4 aliphatic rings. The van der Waals surface area contributed by atoms with E-state index in [1.807, 2.05) is 54.6 Å². The van der Waals surface area contributed by atoms with Crippen molar-refractivity contribution in [3.8, 4) is 57.1 Å². The van der Waals surface area contributed by atoms with Gasteiger partial charge < -0.3 is 18.9 Å². The van der Waals surface area contributed by atoms with Crippen LogP contribution in [0.5, 0.6) is 46.0 Å². The molecule has 0 radical (unpaired) electrons. The van der Waals surface area contributed by atoms with Crippen LogP contribution in [0.4, 0.5) is 0 Å². The molecule has 0 spiro atoms. The van der Waals surface area contributed by atoms with Crippen LogP contribution in [-0.2, 0) is 0 Å². The van der Waals surface area contributed by atoms with Crippen LogP contribution in [0.1, 0.15) is 0 Å². The highest BCUT2D eigenvalue weighted by molar-refractivity contribution is 6.99. The van der Waals surface area contributed by atoms with Crippen LogP contribution in [-0.4, -0.2) is 13.4 Å². The fourth-order valence-electron chi connectivity index (χ4n) is 7.18. The van der Waals surface area contributed by atoms with Crippen molar-refractivity contribution < 1.29 is 18.9 Å². The van der Waals surface area contributed by atoms with Gasteiger partial charge in [-0.25, -0.2) is 0 Å². The maximum Gasteiger partial charge on any atom is 0.260 e. The quantitative estimate of drug-likeness (QED) is 0.282. The van der Waals surface area contributed by atoms with E-state index in [-0.39, 0.29) is 13.4 Å². The second kappa shape index (κ2) is 8.11. The lowest BCUT2D eigenvalue weighted by Crippen LogP contribution is -2.57. The second-order valence-corrected chi connectivity index (χ2v) is 11.2. The summed E-state index contributed by atoms with van der Waals surface area (Å²) in [5.74, 6) is 6.77. The predicted octanol–water partition coefficient (Wildman–Crippen LogP) is 4.81. The molecule has 10 rings (SSSR count). The van der Waals surface area contributed by atoms with Crippen LogP contribution in [0.3, 0.4) is 0 Å². The Morgan fingerprint density at radius 3 is 1.40 bits per heavy atom. The molecule has 0 aromatic heterocycles. The predicted molar refractivity (Wildman–Crippen MR) is 167 cm³/mol. The third-order valence-corrected chi connectivity index (χ3v) is 8.94. The molecule has 0 unspecified atom stereocenters. The van der Waals surface area contributed by atoms with E-state index >= 15 is 0 Å². The molecule has 0 bridgehead atoms. The summed E-state index contributed by atoms with van der Waals surface area (Å²) in [6, 6.07) is 41.6. The van der Waals surface area contributed by atoms with Gasteiger partial charge in [0.25, 0.3) is 13.4 Å². The number of ether oxygens (including phenoxy) is 4. The standard InChI is InChI=1S/C36H20B2O4/c1-5-15-28-23(10-1)37-24-11-2-6-16-29(24)41-33-20-21(19-32(40-28)35(33)37)22-9-7-13-26-36(22)42-31-18-8-17-30-34(31)38(26)25-12-3-4-14-27(25)39-30/h1-20H. The lowest BCUT2D eigenvalue weighted by molar-refractivity contribution is 0.463. The van der Waals surface area contributed by atoms with Crippen molar-refractivity contribution in [3.63, 3.8) is 0 Å². The van der Waals surface area contributed by atoms with Gasteiger partial charge in [-0.05, 0) is 69.9 Å². The van der Waals surface area contributed by atoms with Gasteiger partial charge in [-0.15, -0.1) is 0 Å². The lowest BCUT2D eigenvalue weighted by Gasteiger charge is -2.34. The van der Waals surface area contributed by atoms with Gasteiger partial charge in [0.1, 0.15) is 46.0 Å². The number of fused-ring (bicyclic) bond motifs is 8. The summed E-state index contributed by atoms with van der Waals surface area (Å²) in [7, 11) is 0. The van der Waals surface area contributed by atoms with Gasteiger partial charge in [-0.2, -0.15) is 0 Å². The van der Waals surface area contributed by atoms with E-state index < -0.39 is 0 Å². The molecule has 0 aliphatic carbocycles. The summed E-state index contributed by atoms with van der Waals surface area (Å²) >= 11 is 0. The molecular weight excluding hydrogens is 518 g/mol. The van der Waals surface area contributed by atoms with Crippen molar-refractivity contribution in [2.24, 2.45) is 0 Å². The first-order valence-electron chi connectivity index (χ1n) is 14.2. The van der Waals surface area contributed by atoms with E-state index in [2.05, 4.69) is 66.7 Å². The van der Waals surface area contributed by atoms with Crippen molar-refractivity contribution in [3.05, 3.63) is 121 Å². The average Bonchev–Trinajstić information content (AvgIpc) is 3.04. The maximum atomic E-state index is 6.73. The van der Waals surface area contributed by atoms with E-state index in [4.69, 9.17) is 18.9 Å². The SMILES string of the molecule is c1ccc2c(c1)Oc1cc(-c3cccc4c3Oc3cccc5c3B4c3ccccc3O5)cc3c1B2c1ccccc1O3. The zero-order valence-corrected chi connectivity index (χ0v) is 22.3. The molecule has 0 N–H and O–H groups in total. The monoisotopic (exact) mass is 538 g/mol. The first kappa shape index (κ1) is 22.4. The minimum atomic E-state index is 0.0106. The van der Waals surface area contributed by atoms with E-state index in [1.165, 1.54) is 0 Å². The van der Waals surface area contributed by atoms with Gasteiger partial charge in [-0.1, -0.05) is 78.9 Å². The Kier molecular flexibility index (Phi) is 4.32. The minimum absolute atomic E-state index is 0.0106. The van der Waals surface area contributed by atoms with Crippen molar-refractivity contribution in [2.45, 2.75) is 0 Å². The Balaban J connectivity index is 1.19. The molecule has 4 nitrogen and oxygen atoms in total. The van der Waals surface area contributed by atoms with Crippen LogP contribution in [0, 0.1) is 0 Å². The second-order valence-electron chi connectivity index (χ2n) is 11.2. The molecule has 0 fully saturated rings. The summed E-state index contributed by atoms with van der Waals surface area (Å²) in [5, 5.41) is 0. The molecule has 6 aromatic rings. The fraction of sp³-hybridized carbons (Fsp3) is 0. The highest BCUT2D eigenvalue weighted by Gasteiger charge is 2.42. The first-order chi connectivity index (χ1) is 20.8. The zero-order valence-electron chi connectivity index (χ0n) is 22.3. The Hall–Kier alpha value is -5.35. The van der Waals surface area contributed by atoms with Gasteiger partial charge in [0.05, 0.1) is 0 Å². The molecule has 0 saturated carbocycles. The van der Waals surface area contributed by atoms with Crippen LogP contribution in [0.2, 0.25) is 0 Å². The van der Waals surface area contributed by atoms with Gasteiger partial charge in [-0.3, -0.25) is 0 Å². The molecule has 194 valence electrons. The van der Waals surface area contributed by atoms with Crippen LogP contribution >= 0.6 is 0 Å². The van der Waals surface area contributed by atoms with Gasteiger partial charge >= 0.3 is 0 Å². The fourth-order valence-corrected chi connectivity index (χ4v) is 7.18. The van der Waals surface area contributed by atoms with Crippen LogP contribution < -0.4 is 51.7 Å². The van der Waals surface area contributed by atoms with Gasteiger partial charge in [0, 0.05) is 16.5 Å². The maximum absolute atomic E-state index is 6.73. The molecular formula is C36H20B2O4. The number of rotatable bonds is 1. The largest absolute Gasteiger partial charge is 0.458 e. The topological polar surface area (TPSA) is 36.9 Å².